The number of hydrogen-bond donors (Lipinski definition) is 7. The smallest absolute Gasteiger partial charge is 0.220 e. The van der Waals surface area contributed by atoms with Crippen LogP contribution in [0.4, 0.5) is 11.4 Å². The Morgan fingerprint density at radius 1 is 0.617 bits per heavy atom. The van der Waals surface area contributed by atoms with Crippen molar-refractivity contribution in [2.24, 2.45) is 0 Å². The molecular formula is C46H65N6O6S2+. The van der Waals surface area contributed by atoms with Gasteiger partial charge in [-0.3, -0.25) is 9.59 Å². The summed E-state index contributed by atoms with van der Waals surface area (Å²) in [5.41, 5.74) is 6.17. The second kappa shape index (κ2) is 31.3. The molecule has 0 aliphatic heterocycles. The summed E-state index contributed by atoms with van der Waals surface area (Å²) < 4.78 is 2.08. The quantitative estimate of drug-likeness (QED) is 0.0209. The highest BCUT2D eigenvalue weighted by atomic mass is 33.1. The van der Waals surface area contributed by atoms with Crippen molar-refractivity contribution in [1.82, 2.24) is 16.0 Å². The van der Waals surface area contributed by atoms with Gasteiger partial charge in [0.2, 0.25) is 11.8 Å². The summed E-state index contributed by atoms with van der Waals surface area (Å²) in [7, 11) is 3.38. The molecule has 3 aromatic rings. The minimum atomic E-state index is 0.0342. The molecule has 326 valence electrons. The third kappa shape index (κ3) is 21.1. The fourth-order valence-electron chi connectivity index (χ4n) is 5.95. The van der Waals surface area contributed by atoms with Crippen LogP contribution in [0.25, 0.3) is 18.2 Å². The van der Waals surface area contributed by atoms with Crippen molar-refractivity contribution in [2.75, 3.05) is 93.5 Å². The molecule has 2 aromatic carbocycles. The number of benzene rings is 2. The largest absolute Gasteiger partial charge is 0.395 e. The van der Waals surface area contributed by atoms with Crippen LogP contribution in [-0.4, -0.2) is 116 Å². The first-order valence-corrected chi connectivity index (χ1v) is 23.2. The predicted molar refractivity (Wildman–Crippen MR) is 251 cm³/mol. The van der Waals surface area contributed by atoms with E-state index in [1.807, 2.05) is 108 Å². The van der Waals surface area contributed by atoms with Gasteiger partial charge in [-0.15, -0.1) is 0 Å². The highest BCUT2D eigenvalue weighted by Crippen LogP contribution is 2.20. The Morgan fingerprint density at radius 3 is 1.57 bits per heavy atom. The molecule has 14 heteroatoms. The molecule has 0 saturated carbocycles. The van der Waals surface area contributed by atoms with Crippen LogP contribution in [0.15, 0.2) is 103 Å². The Hall–Kier alpha value is -4.57. The van der Waals surface area contributed by atoms with Crippen molar-refractivity contribution >= 4 is 63.0 Å². The summed E-state index contributed by atoms with van der Waals surface area (Å²) in [4.78, 5) is 28.4. The predicted octanol–water partition coefficient (Wildman–Crippen LogP) is 4.66. The van der Waals surface area contributed by atoms with E-state index >= 15 is 0 Å². The number of carbonyl (C=O) groups is 2. The molecule has 0 atom stereocenters. The van der Waals surface area contributed by atoms with Crippen LogP contribution in [0.5, 0.6) is 0 Å². The van der Waals surface area contributed by atoms with Crippen LogP contribution in [0, 0.1) is 0 Å². The number of carbonyl (C=O) groups excluding carboxylic acids is 2. The Labute approximate surface area is 364 Å². The zero-order chi connectivity index (χ0) is 43.0. The number of hydrogen-bond acceptors (Lipinski definition) is 11. The Balaban J connectivity index is 1.16. The molecule has 1 aromatic heterocycles. The first-order valence-electron chi connectivity index (χ1n) is 20.7. The number of aliphatic hydroxyl groups is 4. The molecule has 2 amide bonds. The van der Waals surface area contributed by atoms with Crippen LogP contribution in [0.1, 0.15) is 49.3 Å². The third-order valence-corrected chi connectivity index (χ3v) is 11.6. The van der Waals surface area contributed by atoms with E-state index in [9.17, 15) is 30.0 Å². The maximum atomic E-state index is 12.3. The summed E-state index contributed by atoms with van der Waals surface area (Å²) in [6.07, 6.45) is 20.6. The maximum Gasteiger partial charge on any atom is 0.220 e. The normalized spacial score (nSPS) is 11.8. The number of nitrogens with one attached hydrogen (secondary N) is 3. The van der Waals surface area contributed by atoms with Gasteiger partial charge < -0.3 is 46.2 Å². The van der Waals surface area contributed by atoms with Gasteiger partial charge in [0.1, 0.15) is 6.54 Å². The van der Waals surface area contributed by atoms with Gasteiger partial charge in [-0.05, 0) is 72.1 Å². The third-order valence-electron chi connectivity index (χ3n) is 9.22. The second-order valence-corrected chi connectivity index (χ2v) is 16.4. The van der Waals surface area contributed by atoms with E-state index in [1.165, 1.54) is 0 Å². The average molecular weight is 862 g/mol. The molecule has 0 fully saturated rings. The Morgan fingerprint density at radius 2 is 1.08 bits per heavy atom. The number of amides is 2. The topological polar surface area (TPSA) is 162 Å². The van der Waals surface area contributed by atoms with Gasteiger partial charge in [0.25, 0.3) is 0 Å². The van der Waals surface area contributed by atoms with Crippen molar-refractivity contribution in [3.63, 3.8) is 0 Å². The molecule has 0 saturated heterocycles. The second-order valence-electron chi connectivity index (χ2n) is 13.7. The number of aryl methyl sites for hydroxylation is 1. The lowest BCUT2D eigenvalue weighted by Crippen LogP contribution is -2.34. The van der Waals surface area contributed by atoms with Crippen LogP contribution in [0.2, 0.25) is 0 Å². The number of rotatable bonds is 31. The van der Waals surface area contributed by atoms with Gasteiger partial charge in [0.15, 0.2) is 12.4 Å². The lowest BCUT2D eigenvalue weighted by molar-refractivity contribution is -0.697. The molecule has 7 N–H and O–H groups in total. The van der Waals surface area contributed by atoms with Crippen molar-refractivity contribution in [1.29, 1.82) is 0 Å². The van der Waals surface area contributed by atoms with E-state index in [0.717, 1.165) is 64.5 Å². The first kappa shape index (κ1) is 49.8. The van der Waals surface area contributed by atoms with Crippen LogP contribution >= 0.6 is 21.6 Å². The Kier molecular flexibility index (Phi) is 26.0. The number of allylic oxidation sites excluding steroid dienone is 4. The number of nitrogens with zero attached hydrogens (tertiary/aromatic N) is 3. The molecule has 0 unspecified atom stereocenters. The maximum absolute atomic E-state index is 12.3. The van der Waals surface area contributed by atoms with Gasteiger partial charge in [0, 0.05) is 100 Å². The summed E-state index contributed by atoms with van der Waals surface area (Å²) in [5.74, 6) is 1.71. The highest BCUT2D eigenvalue weighted by molar-refractivity contribution is 8.76. The molecule has 12 nitrogen and oxygen atoms in total. The summed E-state index contributed by atoms with van der Waals surface area (Å²) >= 11 is 0. The van der Waals surface area contributed by atoms with Crippen LogP contribution < -0.4 is 30.3 Å². The number of aliphatic hydroxyl groups excluding tert-OH is 4. The minimum absolute atomic E-state index is 0.0342. The van der Waals surface area contributed by atoms with Crippen molar-refractivity contribution in [3.8, 4) is 0 Å². The lowest BCUT2D eigenvalue weighted by Gasteiger charge is -2.22. The summed E-state index contributed by atoms with van der Waals surface area (Å²) in [5, 5.41) is 46.3. The van der Waals surface area contributed by atoms with Crippen LogP contribution in [-0.2, 0) is 16.1 Å². The van der Waals surface area contributed by atoms with Gasteiger partial charge in [-0.1, -0.05) is 76.2 Å². The van der Waals surface area contributed by atoms with Crippen molar-refractivity contribution in [3.05, 3.63) is 120 Å². The molecule has 0 radical (unpaired) electrons. The van der Waals surface area contributed by atoms with Gasteiger partial charge >= 0.3 is 0 Å². The van der Waals surface area contributed by atoms with Crippen molar-refractivity contribution < 1.29 is 34.6 Å². The molecule has 0 aliphatic rings. The molecular weight excluding hydrogens is 797 g/mol. The molecule has 0 aliphatic carbocycles. The monoisotopic (exact) mass is 861 g/mol. The van der Waals surface area contributed by atoms with Gasteiger partial charge in [-0.2, -0.15) is 0 Å². The standard InChI is InChI=1S/C46H64N6O6S2/c1-2-39(7-8-40-11-15-43(16-12-40)51(29-33-53)30-34-54)19-23-47-22-3-5-45(57)48-24-37-59-60-38-25-49-46(58)6-4-26-50-27-20-42(21-28-50)10-9-41-13-17-44(18-14-41)52(31-35-55)32-36-56/h2,7-21,23,27-28,47,53-56H,3-6,22,24-26,29-38H2,1H3,(H-,48,49,57,58)/p+1. The fourth-order valence-corrected chi connectivity index (χ4v) is 7.76. The van der Waals surface area contributed by atoms with Gasteiger partial charge in [0.05, 0.1) is 26.4 Å². The van der Waals surface area contributed by atoms with Gasteiger partial charge in [-0.25, -0.2) is 4.57 Å². The number of anilines is 2. The summed E-state index contributed by atoms with van der Waals surface area (Å²) in [6, 6.07) is 20.1. The number of aromatic nitrogens is 1. The average Bonchev–Trinajstić information content (AvgIpc) is 3.26. The zero-order valence-corrected chi connectivity index (χ0v) is 36.6. The molecule has 0 bridgehead atoms. The minimum Gasteiger partial charge on any atom is -0.395 e. The molecule has 3 rings (SSSR count). The van der Waals surface area contributed by atoms with E-state index in [-0.39, 0.29) is 38.2 Å². The molecule has 1 heterocycles. The highest BCUT2D eigenvalue weighted by Gasteiger charge is 2.08. The van der Waals surface area contributed by atoms with Crippen molar-refractivity contribution in [2.45, 2.75) is 39.2 Å². The SMILES string of the molecule is CC=C(C=CNCCCC(=O)NCCSSCCNC(=O)CCC[n+]1ccc(C=Cc2ccc(N(CCO)CCO)cc2)cc1)C=Cc1ccc(N(CCO)CCO)cc1. The Bertz CT molecular complexity index is 1740. The first-order chi connectivity index (χ1) is 29.4. The summed E-state index contributed by atoms with van der Waals surface area (Å²) in [6.45, 7) is 6.73. The zero-order valence-electron chi connectivity index (χ0n) is 35.0. The molecule has 0 spiro atoms. The molecule has 60 heavy (non-hydrogen) atoms. The van der Waals surface area contributed by atoms with Crippen LogP contribution in [0.3, 0.4) is 0 Å². The van der Waals surface area contributed by atoms with E-state index < -0.39 is 0 Å². The number of pyridine rings is 1. The van der Waals surface area contributed by atoms with E-state index in [1.54, 1.807) is 21.6 Å². The fraction of sp³-hybridized carbons (Fsp3) is 0.413. The van der Waals surface area contributed by atoms with E-state index in [0.29, 0.717) is 58.7 Å². The van der Waals surface area contributed by atoms with E-state index in [4.69, 9.17) is 0 Å². The van der Waals surface area contributed by atoms with E-state index in [2.05, 4.69) is 44.8 Å². The lowest BCUT2D eigenvalue weighted by atomic mass is 10.1.